The largest absolute Gasteiger partial charge is 0.487 e. The van der Waals surface area contributed by atoms with Crippen molar-refractivity contribution in [1.29, 1.82) is 0 Å². The highest BCUT2D eigenvalue weighted by Gasteiger charge is 2.25. The molecule has 0 fully saturated rings. The predicted octanol–water partition coefficient (Wildman–Crippen LogP) is 7.14. The van der Waals surface area contributed by atoms with Crippen LogP contribution in [0.2, 0.25) is 0 Å². The van der Waals surface area contributed by atoms with Crippen LogP contribution in [0.3, 0.4) is 0 Å². The predicted molar refractivity (Wildman–Crippen MR) is 144 cm³/mol. The molecule has 2 aliphatic heterocycles. The van der Waals surface area contributed by atoms with E-state index in [9.17, 15) is 0 Å². The van der Waals surface area contributed by atoms with E-state index in [2.05, 4.69) is 69.1 Å². The Morgan fingerprint density at radius 1 is 0.861 bits per heavy atom. The number of hydrogen-bond donors (Lipinski definition) is 1. The van der Waals surface area contributed by atoms with Gasteiger partial charge in [0.05, 0.1) is 22.6 Å². The van der Waals surface area contributed by atoms with Crippen LogP contribution in [0.25, 0.3) is 44.2 Å². The van der Waals surface area contributed by atoms with Crippen LogP contribution >= 0.6 is 0 Å². The van der Waals surface area contributed by atoms with Crippen molar-refractivity contribution in [3.8, 4) is 28.1 Å². The molecule has 6 heteroatoms. The molecular formula is C30H27N5O. The van der Waals surface area contributed by atoms with Crippen LogP contribution in [-0.2, 0) is 13.0 Å². The summed E-state index contributed by atoms with van der Waals surface area (Å²) in [4.78, 5) is 22.7. The van der Waals surface area contributed by atoms with Crippen molar-refractivity contribution in [2.75, 3.05) is 0 Å². The highest BCUT2D eigenvalue weighted by Crippen LogP contribution is 2.43. The minimum absolute atomic E-state index is 0.345. The third-order valence-electron chi connectivity index (χ3n) is 7.37. The lowest BCUT2D eigenvalue weighted by atomic mass is 9.93. The fraction of sp³-hybridized carbons (Fsp3) is 0.267. The molecule has 2 aliphatic rings. The second-order valence-electron chi connectivity index (χ2n) is 10.4. The summed E-state index contributed by atoms with van der Waals surface area (Å²) < 4.78 is 6.15. The van der Waals surface area contributed by atoms with Crippen molar-refractivity contribution in [3.63, 3.8) is 0 Å². The number of aromatic nitrogens is 4. The number of aromatic amines is 1. The van der Waals surface area contributed by atoms with E-state index >= 15 is 0 Å². The van der Waals surface area contributed by atoms with Crippen LogP contribution < -0.4 is 4.74 Å². The number of rotatable bonds is 3. The third-order valence-corrected chi connectivity index (χ3v) is 7.37. The molecular weight excluding hydrogens is 446 g/mol. The molecule has 0 bridgehead atoms. The van der Waals surface area contributed by atoms with Gasteiger partial charge < -0.3 is 9.72 Å². The Labute approximate surface area is 209 Å². The van der Waals surface area contributed by atoms with Crippen molar-refractivity contribution < 1.29 is 4.74 Å². The summed E-state index contributed by atoms with van der Waals surface area (Å²) in [6, 6.07) is 13.1. The monoisotopic (exact) mass is 473 g/mol. The Morgan fingerprint density at radius 2 is 1.64 bits per heavy atom. The highest BCUT2D eigenvalue weighted by molar-refractivity contribution is 6.16. The number of ether oxygens (including phenoxy) is 1. The lowest BCUT2D eigenvalue weighted by Crippen LogP contribution is -2.06. The normalized spacial score (nSPS) is 14.2. The Bertz CT molecular complexity index is 1730. The summed E-state index contributed by atoms with van der Waals surface area (Å²) >= 11 is 0. The van der Waals surface area contributed by atoms with E-state index in [0.29, 0.717) is 18.4 Å². The zero-order valence-corrected chi connectivity index (χ0v) is 20.9. The van der Waals surface area contributed by atoms with Crippen LogP contribution in [0.1, 0.15) is 50.7 Å². The van der Waals surface area contributed by atoms with Gasteiger partial charge in [0.25, 0.3) is 0 Å². The van der Waals surface area contributed by atoms with Crippen molar-refractivity contribution in [1.82, 2.24) is 19.9 Å². The van der Waals surface area contributed by atoms with Gasteiger partial charge in [-0.15, -0.1) is 0 Å². The summed E-state index contributed by atoms with van der Waals surface area (Å²) in [5.41, 5.74) is 10.6. The van der Waals surface area contributed by atoms with Gasteiger partial charge in [0, 0.05) is 41.4 Å². The Morgan fingerprint density at radius 3 is 2.44 bits per heavy atom. The lowest BCUT2D eigenvalue weighted by molar-refractivity contribution is 0.298. The zero-order valence-electron chi connectivity index (χ0n) is 20.9. The second-order valence-corrected chi connectivity index (χ2v) is 10.4. The van der Waals surface area contributed by atoms with Gasteiger partial charge >= 0.3 is 0 Å². The van der Waals surface area contributed by atoms with E-state index in [0.717, 1.165) is 68.2 Å². The molecule has 0 saturated carbocycles. The third kappa shape index (κ3) is 3.10. The van der Waals surface area contributed by atoms with Crippen LogP contribution in [0, 0.1) is 5.92 Å². The van der Waals surface area contributed by atoms with Gasteiger partial charge in [0.15, 0.2) is 0 Å². The SMILES string of the molecule is CC(C)C1=Nc2c(c3ccc(-c4ccc5c(c4)OCc4[nH]c(C(C)C)nc4-5)cc3c3nccnc23)C1. The van der Waals surface area contributed by atoms with Crippen molar-refractivity contribution in [2.24, 2.45) is 10.9 Å². The van der Waals surface area contributed by atoms with E-state index in [4.69, 9.17) is 24.7 Å². The number of nitrogens with one attached hydrogen (secondary N) is 1. The van der Waals surface area contributed by atoms with Gasteiger partial charge in [-0.05, 0) is 46.2 Å². The minimum atomic E-state index is 0.345. The molecule has 4 heterocycles. The average Bonchev–Trinajstić information content (AvgIpc) is 3.54. The van der Waals surface area contributed by atoms with Crippen LogP contribution in [0.15, 0.2) is 53.8 Å². The summed E-state index contributed by atoms with van der Waals surface area (Å²) in [7, 11) is 0. The molecule has 178 valence electrons. The molecule has 2 aromatic heterocycles. The first-order chi connectivity index (χ1) is 17.5. The molecule has 0 spiro atoms. The number of H-pyrrole nitrogens is 1. The molecule has 5 aromatic rings. The number of nitrogens with zero attached hydrogens (tertiary/aromatic N) is 4. The van der Waals surface area contributed by atoms with Crippen LogP contribution in [-0.4, -0.2) is 25.6 Å². The van der Waals surface area contributed by atoms with Crippen LogP contribution in [0.5, 0.6) is 5.75 Å². The van der Waals surface area contributed by atoms with Crippen molar-refractivity contribution in [2.45, 2.75) is 46.6 Å². The molecule has 3 aromatic carbocycles. The quantitative estimate of drug-likeness (QED) is 0.283. The standard InChI is InChI=1S/C30H27N5O/c1-15(2)23-13-22-19-7-5-17(11-21(19)27-29(28(22)33-23)32-10-9-31-27)18-6-8-20-25(12-18)36-14-24-26(20)35-30(34-24)16(3)4/h5-12,15-16H,13-14H2,1-4H3,(H,34,35). The van der Waals surface area contributed by atoms with Crippen molar-refractivity contribution in [3.05, 3.63) is 65.9 Å². The Kier molecular flexibility index (Phi) is 4.55. The molecule has 7 rings (SSSR count). The molecule has 0 atom stereocenters. The van der Waals surface area contributed by atoms with Gasteiger partial charge in [0.1, 0.15) is 23.7 Å². The number of benzene rings is 3. The van der Waals surface area contributed by atoms with Gasteiger partial charge in [-0.2, -0.15) is 0 Å². The number of hydrogen-bond acceptors (Lipinski definition) is 5. The fourth-order valence-corrected chi connectivity index (χ4v) is 5.36. The van der Waals surface area contributed by atoms with Crippen molar-refractivity contribution >= 4 is 33.2 Å². The van der Waals surface area contributed by atoms with E-state index in [1.807, 2.05) is 0 Å². The second kappa shape index (κ2) is 7.72. The average molecular weight is 474 g/mol. The molecule has 0 aliphatic carbocycles. The van der Waals surface area contributed by atoms with Gasteiger partial charge in [-0.1, -0.05) is 45.9 Å². The lowest BCUT2D eigenvalue weighted by Gasteiger charge is -2.18. The molecule has 6 nitrogen and oxygen atoms in total. The summed E-state index contributed by atoms with van der Waals surface area (Å²) in [5.74, 6) is 2.62. The number of imidazole rings is 1. The van der Waals surface area contributed by atoms with E-state index in [-0.39, 0.29) is 0 Å². The fourth-order valence-electron chi connectivity index (χ4n) is 5.36. The van der Waals surface area contributed by atoms with E-state index in [1.165, 1.54) is 16.7 Å². The summed E-state index contributed by atoms with van der Waals surface area (Å²) in [6.45, 7) is 9.20. The Balaban J connectivity index is 1.36. The van der Waals surface area contributed by atoms with Gasteiger partial charge in [0.2, 0.25) is 0 Å². The topological polar surface area (TPSA) is 76.0 Å². The summed E-state index contributed by atoms with van der Waals surface area (Å²) in [6.07, 6.45) is 4.39. The van der Waals surface area contributed by atoms with E-state index < -0.39 is 0 Å². The summed E-state index contributed by atoms with van der Waals surface area (Å²) in [5, 5.41) is 2.32. The first kappa shape index (κ1) is 21.2. The molecule has 1 N–H and O–H groups in total. The zero-order chi connectivity index (χ0) is 24.6. The van der Waals surface area contributed by atoms with Crippen LogP contribution in [0.4, 0.5) is 5.69 Å². The number of fused-ring (bicyclic) bond motifs is 9. The number of aliphatic imine (C=N–C) groups is 1. The molecule has 0 saturated heterocycles. The first-order valence-corrected chi connectivity index (χ1v) is 12.6. The maximum atomic E-state index is 6.15. The first-order valence-electron chi connectivity index (χ1n) is 12.6. The maximum Gasteiger partial charge on any atom is 0.130 e. The van der Waals surface area contributed by atoms with E-state index in [1.54, 1.807) is 12.4 Å². The smallest absolute Gasteiger partial charge is 0.130 e. The van der Waals surface area contributed by atoms with Gasteiger partial charge in [-0.25, -0.2) is 4.98 Å². The maximum absolute atomic E-state index is 6.15. The van der Waals surface area contributed by atoms with Gasteiger partial charge in [-0.3, -0.25) is 15.0 Å². The Hall–Kier alpha value is -4.06. The molecule has 0 amide bonds. The molecule has 0 unspecified atom stereocenters. The minimum Gasteiger partial charge on any atom is -0.487 e. The highest BCUT2D eigenvalue weighted by atomic mass is 16.5. The molecule has 0 radical (unpaired) electrons. The molecule has 36 heavy (non-hydrogen) atoms.